The second-order valence-electron chi connectivity index (χ2n) is 6.30. The number of methoxy groups -OCH3 is 4. The van der Waals surface area contributed by atoms with Gasteiger partial charge in [-0.3, -0.25) is 0 Å². The number of nitrogens with one attached hydrogen (secondary N) is 2. The molecule has 0 radical (unpaired) electrons. The van der Waals surface area contributed by atoms with Crippen molar-refractivity contribution in [1.29, 1.82) is 0 Å². The van der Waals surface area contributed by atoms with Crippen molar-refractivity contribution in [2.75, 3.05) is 33.8 Å². The van der Waals surface area contributed by atoms with E-state index in [1.54, 1.807) is 46.6 Å². The second-order valence-corrected chi connectivity index (χ2v) is 6.30. The molecule has 1 saturated carbocycles. The highest BCUT2D eigenvalue weighted by atomic mass is 16.5. The van der Waals surface area contributed by atoms with Gasteiger partial charge < -0.3 is 29.6 Å². The maximum atomic E-state index is 12.6. The van der Waals surface area contributed by atoms with Crippen LogP contribution in [0.5, 0.6) is 23.0 Å². The Morgan fingerprint density at radius 3 is 2.11 bits per heavy atom. The number of carbonyl (C=O) groups is 1. The average molecular weight is 372 g/mol. The molecule has 0 unspecified atom stereocenters. The minimum Gasteiger partial charge on any atom is -0.497 e. The van der Waals surface area contributed by atoms with E-state index < -0.39 is 5.54 Å². The molecule has 1 aliphatic rings. The molecule has 1 aliphatic carbocycles. The molecule has 7 nitrogen and oxygen atoms in total. The van der Waals surface area contributed by atoms with Gasteiger partial charge in [0, 0.05) is 6.07 Å². The highest BCUT2D eigenvalue weighted by Gasteiger charge is 2.46. The van der Waals surface area contributed by atoms with Crippen LogP contribution in [0, 0.1) is 0 Å². The number of benzene rings is 2. The Bertz CT molecular complexity index is 833. The molecular formula is C20H24N2O5. The Morgan fingerprint density at radius 2 is 1.52 bits per heavy atom. The van der Waals surface area contributed by atoms with Crippen LogP contribution in [0.2, 0.25) is 0 Å². The molecule has 27 heavy (non-hydrogen) atoms. The number of anilines is 1. The molecule has 0 spiro atoms. The fraction of sp³-hybridized carbons (Fsp3) is 0.350. The van der Waals surface area contributed by atoms with Crippen molar-refractivity contribution in [1.82, 2.24) is 5.32 Å². The van der Waals surface area contributed by atoms with E-state index in [1.165, 1.54) is 0 Å². The lowest BCUT2D eigenvalue weighted by Gasteiger charge is -2.20. The largest absolute Gasteiger partial charge is 0.497 e. The van der Waals surface area contributed by atoms with Crippen LogP contribution in [0.25, 0.3) is 0 Å². The molecule has 0 saturated heterocycles. The molecule has 0 heterocycles. The van der Waals surface area contributed by atoms with E-state index in [0.717, 1.165) is 18.4 Å². The van der Waals surface area contributed by atoms with Gasteiger partial charge >= 0.3 is 6.03 Å². The maximum absolute atomic E-state index is 12.6. The number of urea groups is 1. The van der Waals surface area contributed by atoms with E-state index in [9.17, 15) is 4.79 Å². The van der Waals surface area contributed by atoms with Crippen molar-refractivity contribution in [3.05, 3.63) is 42.0 Å². The van der Waals surface area contributed by atoms with E-state index in [0.29, 0.717) is 28.7 Å². The van der Waals surface area contributed by atoms with Gasteiger partial charge in [-0.2, -0.15) is 0 Å². The van der Waals surface area contributed by atoms with Crippen LogP contribution in [0.4, 0.5) is 10.5 Å². The lowest BCUT2D eigenvalue weighted by Crippen LogP contribution is -2.38. The smallest absolute Gasteiger partial charge is 0.320 e. The number of amides is 2. The van der Waals surface area contributed by atoms with Gasteiger partial charge in [0.25, 0.3) is 0 Å². The van der Waals surface area contributed by atoms with Gasteiger partial charge in [-0.1, -0.05) is 6.07 Å². The van der Waals surface area contributed by atoms with Crippen LogP contribution in [-0.2, 0) is 5.54 Å². The molecular weight excluding hydrogens is 348 g/mol. The molecule has 3 rings (SSSR count). The first-order chi connectivity index (χ1) is 13.0. The zero-order chi connectivity index (χ0) is 19.4. The highest BCUT2D eigenvalue weighted by molar-refractivity contribution is 5.92. The van der Waals surface area contributed by atoms with E-state index in [1.807, 2.05) is 18.2 Å². The first-order valence-electron chi connectivity index (χ1n) is 8.59. The number of carbonyl (C=O) groups excluding carboxylic acids is 1. The lowest BCUT2D eigenvalue weighted by atomic mass is 10.0. The standard InChI is InChI=1S/C20H24N2O5/c1-24-14-6-8-16(25-2)15(12-14)21-19(23)22-20(9-10-20)13-5-7-17(26-3)18(11-13)27-4/h5-8,11-12H,9-10H2,1-4H3,(H2,21,22,23). The number of ether oxygens (including phenoxy) is 4. The van der Waals surface area contributed by atoms with Crippen molar-refractivity contribution < 1.29 is 23.7 Å². The molecule has 2 N–H and O–H groups in total. The van der Waals surface area contributed by atoms with E-state index >= 15 is 0 Å². The lowest BCUT2D eigenvalue weighted by molar-refractivity contribution is 0.247. The van der Waals surface area contributed by atoms with Crippen LogP contribution in [0.15, 0.2) is 36.4 Å². The Labute approximate surface area is 158 Å². The van der Waals surface area contributed by atoms with Crippen molar-refractivity contribution in [2.24, 2.45) is 0 Å². The van der Waals surface area contributed by atoms with Crippen LogP contribution in [0.3, 0.4) is 0 Å². The van der Waals surface area contributed by atoms with Gasteiger partial charge in [-0.15, -0.1) is 0 Å². The highest BCUT2D eigenvalue weighted by Crippen LogP contribution is 2.47. The van der Waals surface area contributed by atoms with E-state index in [4.69, 9.17) is 18.9 Å². The summed E-state index contributed by atoms with van der Waals surface area (Å²) in [6, 6.07) is 10.6. The second kappa shape index (κ2) is 7.65. The zero-order valence-electron chi connectivity index (χ0n) is 15.9. The summed E-state index contributed by atoms with van der Waals surface area (Å²) in [6.45, 7) is 0. The van der Waals surface area contributed by atoms with Crippen LogP contribution < -0.4 is 29.6 Å². The molecule has 0 bridgehead atoms. The fourth-order valence-corrected chi connectivity index (χ4v) is 3.03. The maximum Gasteiger partial charge on any atom is 0.320 e. The molecule has 7 heteroatoms. The minimum absolute atomic E-state index is 0.311. The summed E-state index contributed by atoms with van der Waals surface area (Å²) < 4.78 is 21.2. The van der Waals surface area contributed by atoms with Crippen molar-refractivity contribution in [2.45, 2.75) is 18.4 Å². The molecule has 2 amide bonds. The molecule has 0 atom stereocenters. The third-order valence-electron chi connectivity index (χ3n) is 4.69. The summed E-state index contributed by atoms with van der Waals surface area (Å²) in [5.41, 5.74) is 1.11. The van der Waals surface area contributed by atoms with E-state index in [2.05, 4.69) is 10.6 Å². The first kappa shape index (κ1) is 18.7. The van der Waals surface area contributed by atoms with Gasteiger partial charge in [0.1, 0.15) is 11.5 Å². The monoisotopic (exact) mass is 372 g/mol. The summed E-state index contributed by atoms with van der Waals surface area (Å²) in [5, 5.41) is 5.91. The summed E-state index contributed by atoms with van der Waals surface area (Å²) in [6.07, 6.45) is 1.70. The summed E-state index contributed by atoms with van der Waals surface area (Å²) in [5.74, 6) is 2.48. The predicted molar refractivity (Wildman–Crippen MR) is 102 cm³/mol. The molecule has 0 aromatic heterocycles. The van der Waals surface area contributed by atoms with Gasteiger partial charge in [-0.25, -0.2) is 4.79 Å². The van der Waals surface area contributed by atoms with Gasteiger partial charge in [0.05, 0.1) is 39.7 Å². The normalized spacial score (nSPS) is 14.1. The Balaban J connectivity index is 1.76. The first-order valence-corrected chi connectivity index (χ1v) is 8.59. The van der Waals surface area contributed by atoms with Crippen LogP contribution >= 0.6 is 0 Å². The quantitative estimate of drug-likeness (QED) is 0.777. The van der Waals surface area contributed by atoms with Crippen molar-refractivity contribution >= 4 is 11.7 Å². The van der Waals surface area contributed by atoms with Crippen molar-refractivity contribution in [3.63, 3.8) is 0 Å². The number of hydrogen-bond acceptors (Lipinski definition) is 5. The topological polar surface area (TPSA) is 78.1 Å². The van der Waals surface area contributed by atoms with Crippen LogP contribution in [-0.4, -0.2) is 34.5 Å². The van der Waals surface area contributed by atoms with Gasteiger partial charge in [0.2, 0.25) is 0 Å². The van der Waals surface area contributed by atoms with E-state index in [-0.39, 0.29) is 6.03 Å². The third kappa shape index (κ3) is 3.86. The van der Waals surface area contributed by atoms with Crippen molar-refractivity contribution in [3.8, 4) is 23.0 Å². The molecule has 0 aliphatic heterocycles. The molecule has 1 fully saturated rings. The summed E-state index contributed by atoms with van der Waals surface area (Å²) >= 11 is 0. The molecule has 2 aromatic rings. The predicted octanol–water partition coefficient (Wildman–Crippen LogP) is 3.53. The number of hydrogen-bond donors (Lipinski definition) is 2. The Morgan fingerprint density at radius 1 is 0.852 bits per heavy atom. The van der Waals surface area contributed by atoms with Crippen LogP contribution in [0.1, 0.15) is 18.4 Å². The minimum atomic E-state index is -0.407. The third-order valence-corrected chi connectivity index (χ3v) is 4.69. The Hall–Kier alpha value is -3.09. The zero-order valence-corrected chi connectivity index (χ0v) is 15.9. The molecule has 2 aromatic carbocycles. The fourth-order valence-electron chi connectivity index (χ4n) is 3.03. The average Bonchev–Trinajstić information content (AvgIpc) is 3.47. The summed E-state index contributed by atoms with van der Waals surface area (Å²) in [4.78, 5) is 12.6. The summed E-state index contributed by atoms with van der Waals surface area (Å²) in [7, 11) is 6.31. The molecule has 144 valence electrons. The number of rotatable bonds is 7. The van der Waals surface area contributed by atoms with Gasteiger partial charge in [0.15, 0.2) is 11.5 Å². The Kier molecular flexibility index (Phi) is 5.30. The van der Waals surface area contributed by atoms with Gasteiger partial charge in [-0.05, 0) is 42.7 Å². The SMILES string of the molecule is COc1ccc(OC)c(NC(=O)NC2(c3ccc(OC)c(OC)c3)CC2)c1.